The number of amides is 1. The number of anilines is 2. The zero-order valence-electron chi connectivity index (χ0n) is 15.0. The highest BCUT2D eigenvalue weighted by molar-refractivity contribution is 5.86. The number of carboxylic acid groups (broad SMARTS) is 1. The molecule has 3 rings (SSSR count). The van der Waals surface area contributed by atoms with Crippen LogP contribution in [0.2, 0.25) is 0 Å². The lowest BCUT2D eigenvalue weighted by Gasteiger charge is -2.44. The largest absolute Gasteiger partial charge is 0.480 e. The number of aromatic nitrogens is 1. The molecule has 8 heteroatoms. The highest BCUT2D eigenvalue weighted by Crippen LogP contribution is 2.35. The third-order valence-corrected chi connectivity index (χ3v) is 5.02. The minimum absolute atomic E-state index is 0. The van der Waals surface area contributed by atoms with Gasteiger partial charge in [0.2, 0.25) is 6.41 Å². The predicted molar refractivity (Wildman–Crippen MR) is 106 cm³/mol. The lowest BCUT2D eigenvalue weighted by molar-refractivity contribution is -0.151. The Kier molecular flexibility index (Phi) is 6.76. The van der Waals surface area contributed by atoms with E-state index in [9.17, 15) is 14.7 Å². The van der Waals surface area contributed by atoms with E-state index in [1.165, 1.54) is 0 Å². The van der Waals surface area contributed by atoms with Gasteiger partial charge in [-0.15, -0.1) is 12.4 Å². The maximum absolute atomic E-state index is 12.2. The summed E-state index contributed by atoms with van der Waals surface area (Å²) in [7, 11) is 0. The van der Waals surface area contributed by atoms with Gasteiger partial charge in [-0.05, 0) is 25.1 Å². The number of carbonyl (C=O) groups excluding carboxylic acids is 1. The van der Waals surface area contributed by atoms with Crippen LogP contribution < -0.4 is 10.2 Å². The van der Waals surface area contributed by atoms with E-state index in [0.717, 1.165) is 18.8 Å². The first-order chi connectivity index (χ1) is 12.6. The van der Waals surface area contributed by atoms with Gasteiger partial charge in [0, 0.05) is 55.5 Å². The zero-order valence-corrected chi connectivity index (χ0v) is 15.9. The summed E-state index contributed by atoms with van der Waals surface area (Å²) in [5, 5.41) is 12.7. The maximum Gasteiger partial charge on any atom is 0.328 e. The summed E-state index contributed by atoms with van der Waals surface area (Å²) in [4.78, 5) is 31.4. The van der Waals surface area contributed by atoms with E-state index in [4.69, 9.17) is 0 Å². The molecule has 7 nitrogen and oxygen atoms in total. The summed E-state index contributed by atoms with van der Waals surface area (Å²) in [5.41, 5.74) is 0.956. The van der Waals surface area contributed by atoms with Crippen molar-refractivity contribution in [3.63, 3.8) is 0 Å². The number of halogens is 1. The van der Waals surface area contributed by atoms with Crippen LogP contribution >= 0.6 is 12.4 Å². The van der Waals surface area contributed by atoms with Crippen molar-refractivity contribution >= 4 is 36.2 Å². The molecular formula is C19H23ClN4O3. The van der Waals surface area contributed by atoms with Crippen molar-refractivity contribution in [3.05, 3.63) is 54.4 Å². The Hall–Kier alpha value is -2.64. The highest BCUT2D eigenvalue weighted by atomic mass is 35.5. The number of carbonyl (C=O) groups is 2. The number of aliphatic carboxylic acids is 1. The van der Waals surface area contributed by atoms with Gasteiger partial charge in [-0.2, -0.15) is 0 Å². The minimum atomic E-state index is -1.23. The Bertz CT molecular complexity index is 782. The van der Waals surface area contributed by atoms with Gasteiger partial charge in [0.15, 0.2) is 0 Å². The van der Waals surface area contributed by atoms with Gasteiger partial charge >= 0.3 is 5.97 Å². The molecule has 2 N–H and O–H groups in total. The Morgan fingerprint density at radius 2 is 1.78 bits per heavy atom. The van der Waals surface area contributed by atoms with E-state index in [1.807, 2.05) is 17.0 Å². The van der Waals surface area contributed by atoms with Crippen LogP contribution in [0.5, 0.6) is 0 Å². The molecule has 1 aliphatic rings. The molecule has 1 saturated heterocycles. The number of pyridine rings is 1. The maximum atomic E-state index is 12.2. The number of hydrogen-bond acceptors (Lipinski definition) is 5. The summed E-state index contributed by atoms with van der Waals surface area (Å²) < 4.78 is 0. The fourth-order valence-electron chi connectivity index (χ4n) is 3.48. The van der Waals surface area contributed by atoms with Crippen molar-refractivity contribution in [2.45, 2.75) is 12.5 Å². The SMILES string of the molecule is CC(C(=O)O)(c1ccccc1NC=O)N1CCN(c2ccncc2)CC1.Cl. The normalized spacial score (nSPS) is 16.7. The van der Waals surface area contributed by atoms with Crippen molar-refractivity contribution in [1.82, 2.24) is 9.88 Å². The first-order valence-corrected chi connectivity index (χ1v) is 8.50. The molecule has 0 saturated carbocycles. The molecule has 1 unspecified atom stereocenters. The Morgan fingerprint density at radius 1 is 1.15 bits per heavy atom. The van der Waals surface area contributed by atoms with E-state index in [0.29, 0.717) is 30.8 Å². The van der Waals surface area contributed by atoms with Gasteiger partial charge < -0.3 is 15.3 Å². The first-order valence-electron chi connectivity index (χ1n) is 8.50. The van der Waals surface area contributed by atoms with Crippen LogP contribution in [0, 0.1) is 0 Å². The number of carboxylic acids is 1. The molecule has 2 aromatic rings. The van der Waals surface area contributed by atoms with Crippen LogP contribution in [0.1, 0.15) is 12.5 Å². The van der Waals surface area contributed by atoms with Gasteiger partial charge in [-0.25, -0.2) is 4.79 Å². The molecule has 0 aliphatic carbocycles. The van der Waals surface area contributed by atoms with Crippen molar-refractivity contribution in [3.8, 4) is 0 Å². The minimum Gasteiger partial charge on any atom is -0.480 e. The lowest BCUT2D eigenvalue weighted by atomic mass is 9.87. The van der Waals surface area contributed by atoms with E-state index < -0.39 is 11.5 Å². The second-order valence-corrected chi connectivity index (χ2v) is 6.36. The molecule has 0 spiro atoms. The number of hydrogen-bond donors (Lipinski definition) is 2. The fraction of sp³-hybridized carbons (Fsp3) is 0.316. The van der Waals surface area contributed by atoms with E-state index in [1.54, 1.807) is 43.6 Å². The Morgan fingerprint density at radius 3 is 2.37 bits per heavy atom. The van der Waals surface area contributed by atoms with Gasteiger partial charge in [0.05, 0.1) is 0 Å². The summed E-state index contributed by atoms with van der Waals surface area (Å²) in [6.07, 6.45) is 4.08. The van der Waals surface area contributed by atoms with E-state index >= 15 is 0 Å². The number of para-hydroxylation sites is 1. The molecule has 0 bridgehead atoms. The second-order valence-electron chi connectivity index (χ2n) is 6.36. The molecular weight excluding hydrogens is 368 g/mol. The van der Waals surface area contributed by atoms with Crippen LogP contribution in [0.25, 0.3) is 0 Å². The number of piperazine rings is 1. The van der Waals surface area contributed by atoms with Crippen LogP contribution in [0.3, 0.4) is 0 Å². The number of rotatable bonds is 6. The quantitative estimate of drug-likeness (QED) is 0.735. The summed E-state index contributed by atoms with van der Waals surface area (Å²) >= 11 is 0. The Labute approximate surface area is 164 Å². The molecule has 1 atom stereocenters. The third-order valence-electron chi connectivity index (χ3n) is 5.02. The molecule has 1 amide bonds. The zero-order chi connectivity index (χ0) is 18.6. The van der Waals surface area contributed by atoms with Gasteiger partial charge in [0.1, 0.15) is 5.54 Å². The standard InChI is InChI=1S/C19H22N4O3.ClH/c1-19(18(25)26,16-4-2-3-5-17(16)21-14-24)23-12-10-22(11-13-23)15-6-8-20-9-7-15;/h2-9,14H,10-13H2,1H3,(H,21,24)(H,25,26);1H. The van der Waals surface area contributed by atoms with Crippen LogP contribution in [0.4, 0.5) is 11.4 Å². The van der Waals surface area contributed by atoms with Crippen LogP contribution in [-0.2, 0) is 15.1 Å². The number of nitrogens with zero attached hydrogens (tertiary/aromatic N) is 3. The number of benzene rings is 1. The van der Waals surface area contributed by atoms with E-state index in [2.05, 4.69) is 15.2 Å². The molecule has 27 heavy (non-hydrogen) atoms. The number of nitrogens with one attached hydrogen (secondary N) is 1. The molecule has 1 aliphatic heterocycles. The van der Waals surface area contributed by atoms with Crippen LogP contribution in [0.15, 0.2) is 48.8 Å². The summed E-state index contributed by atoms with van der Waals surface area (Å²) in [6, 6.07) is 11.0. The summed E-state index contributed by atoms with van der Waals surface area (Å²) in [6.45, 7) is 4.33. The van der Waals surface area contributed by atoms with Gasteiger partial charge in [-0.1, -0.05) is 18.2 Å². The molecule has 1 fully saturated rings. The molecule has 144 valence electrons. The Balaban J connectivity index is 0.00000261. The summed E-state index contributed by atoms with van der Waals surface area (Å²) in [5.74, 6) is -0.935. The predicted octanol–water partition coefficient (Wildman–Crippen LogP) is 2.19. The molecule has 0 radical (unpaired) electrons. The molecule has 1 aromatic heterocycles. The average molecular weight is 391 g/mol. The second kappa shape index (κ2) is 8.83. The molecule has 2 heterocycles. The van der Waals surface area contributed by atoms with Crippen molar-refractivity contribution in [1.29, 1.82) is 0 Å². The van der Waals surface area contributed by atoms with Crippen LogP contribution in [-0.4, -0.2) is 53.5 Å². The average Bonchev–Trinajstić information content (AvgIpc) is 2.69. The topological polar surface area (TPSA) is 85.8 Å². The monoisotopic (exact) mass is 390 g/mol. The lowest BCUT2D eigenvalue weighted by Crippen LogP contribution is -2.57. The van der Waals surface area contributed by atoms with Gasteiger partial charge in [0.25, 0.3) is 0 Å². The third kappa shape index (κ3) is 4.04. The van der Waals surface area contributed by atoms with Crippen molar-refractivity contribution in [2.75, 3.05) is 36.4 Å². The van der Waals surface area contributed by atoms with Gasteiger partial charge in [-0.3, -0.25) is 14.7 Å². The highest BCUT2D eigenvalue weighted by Gasteiger charge is 2.44. The van der Waals surface area contributed by atoms with Crippen molar-refractivity contribution < 1.29 is 14.7 Å². The van der Waals surface area contributed by atoms with E-state index in [-0.39, 0.29) is 12.4 Å². The smallest absolute Gasteiger partial charge is 0.328 e. The molecule has 1 aromatic carbocycles. The fourth-order valence-corrected chi connectivity index (χ4v) is 3.48. The van der Waals surface area contributed by atoms with Crippen molar-refractivity contribution in [2.24, 2.45) is 0 Å². The first kappa shape index (κ1) is 20.7.